The monoisotopic (exact) mass is 689 g/mol. The van der Waals surface area contributed by atoms with Gasteiger partial charge in [-0.05, 0) is 93.6 Å². The molecule has 9 nitrogen and oxygen atoms in total. The first-order valence-electron chi connectivity index (χ1n) is 16.3. The van der Waals surface area contributed by atoms with Crippen LogP contribution in [-0.2, 0) is 16.1 Å². The fourth-order valence-electron chi connectivity index (χ4n) is 6.01. The molecule has 1 amide bonds. The van der Waals surface area contributed by atoms with Crippen LogP contribution in [0.15, 0.2) is 71.5 Å². The third-order valence-electron chi connectivity index (χ3n) is 8.35. The number of hydrogen-bond donors (Lipinski definition) is 1. The molecule has 50 heavy (non-hydrogen) atoms. The molecule has 3 aromatic carbocycles. The smallest absolute Gasteiger partial charge is 0.415 e. The molecule has 1 fully saturated rings. The molecule has 12 heteroatoms. The molecule has 1 aliphatic rings. The molecule has 262 valence electrons. The molecule has 0 saturated heterocycles. The number of esters is 1. The van der Waals surface area contributed by atoms with Gasteiger partial charge in [-0.1, -0.05) is 31.9 Å². The van der Waals surface area contributed by atoms with Gasteiger partial charge in [-0.3, -0.25) is 23.9 Å². The highest BCUT2D eigenvalue weighted by Gasteiger charge is 2.31. The number of pyridine rings is 1. The van der Waals surface area contributed by atoms with Gasteiger partial charge in [0.25, 0.3) is 5.56 Å². The predicted octanol–water partition coefficient (Wildman–Crippen LogP) is 7.98. The van der Waals surface area contributed by atoms with E-state index in [9.17, 15) is 23.6 Å². The summed E-state index contributed by atoms with van der Waals surface area (Å²) in [5.41, 5.74) is 4.18. The van der Waals surface area contributed by atoms with Crippen LogP contribution >= 0.6 is 0 Å². The van der Waals surface area contributed by atoms with E-state index in [4.69, 9.17) is 15.2 Å². The van der Waals surface area contributed by atoms with Crippen LogP contribution in [0.4, 0.5) is 29.5 Å². The summed E-state index contributed by atoms with van der Waals surface area (Å²) in [5, 5.41) is 0. The molecule has 1 heterocycles. The van der Waals surface area contributed by atoms with Gasteiger partial charge in [0.05, 0.1) is 17.8 Å². The van der Waals surface area contributed by atoms with Gasteiger partial charge in [0, 0.05) is 23.6 Å². The summed E-state index contributed by atoms with van der Waals surface area (Å²) in [7, 11) is 0. The molecule has 0 unspecified atom stereocenters. The summed E-state index contributed by atoms with van der Waals surface area (Å²) >= 11 is 0. The van der Waals surface area contributed by atoms with E-state index in [2.05, 4.69) is 0 Å². The first-order valence-corrected chi connectivity index (χ1v) is 16.3. The lowest BCUT2D eigenvalue weighted by molar-refractivity contribution is -0.134. The second kappa shape index (κ2) is 14.6. The van der Waals surface area contributed by atoms with Crippen LogP contribution in [0.25, 0.3) is 5.69 Å². The number of ether oxygens (including phenoxy) is 2. The molecule has 2 N–H and O–H groups in total. The number of nitrogens with two attached hydrogens (primary N) is 1. The molecule has 4 aromatic rings. The second-order valence-corrected chi connectivity index (χ2v) is 13.1. The maximum atomic E-state index is 16.0. The van der Waals surface area contributed by atoms with Gasteiger partial charge in [0.2, 0.25) is 0 Å². The number of benzene rings is 3. The number of halogens is 3. The number of carbonyl (C=O) groups is 3. The predicted molar refractivity (Wildman–Crippen MR) is 182 cm³/mol. The van der Waals surface area contributed by atoms with Crippen LogP contribution in [0, 0.1) is 17.5 Å². The van der Waals surface area contributed by atoms with E-state index in [0.717, 1.165) is 72.5 Å². The Labute approximate surface area is 287 Å². The third-order valence-corrected chi connectivity index (χ3v) is 8.35. The lowest BCUT2D eigenvalue weighted by Gasteiger charge is -2.30. The molecule has 0 spiro atoms. The van der Waals surface area contributed by atoms with Gasteiger partial charge in [-0.2, -0.15) is 0 Å². The quantitative estimate of drug-likeness (QED) is 0.107. The number of nitrogen functional groups attached to an aromatic ring is 1. The summed E-state index contributed by atoms with van der Waals surface area (Å²) in [6.07, 6.45) is 2.93. The number of carbonyl (C=O) groups excluding carboxylic acids is 3. The highest BCUT2D eigenvalue weighted by atomic mass is 19.1. The zero-order chi connectivity index (χ0) is 36.3. The minimum atomic E-state index is -1.21. The minimum Gasteiger partial charge on any atom is -0.443 e. The van der Waals surface area contributed by atoms with Gasteiger partial charge >= 0.3 is 12.1 Å². The summed E-state index contributed by atoms with van der Waals surface area (Å²) in [5.74, 6) is -4.47. The van der Waals surface area contributed by atoms with Crippen molar-refractivity contribution in [1.82, 2.24) is 4.57 Å². The zero-order valence-electron chi connectivity index (χ0n) is 28.2. The number of nitrogens with zero attached hydrogens (tertiary/aromatic N) is 2. The van der Waals surface area contributed by atoms with E-state index in [-0.39, 0.29) is 40.5 Å². The van der Waals surface area contributed by atoms with Crippen molar-refractivity contribution in [2.24, 2.45) is 0 Å². The van der Waals surface area contributed by atoms with Crippen molar-refractivity contribution < 1.29 is 37.0 Å². The van der Waals surface area contributed by atoms with Crippen molar-refractivity contribution in [2.45, 2.75) is 77.9 Å². The fourth-order valence-corrected chi connectivity index (χ4v) is 6.01. The Hall–Kier alpha value is -5.39. The molecule has 1 saturated carbocycles. The number of ketones is 1. The number of aromatic nitrogens is 1. The standard InChI is InChI=1S/C38H38F3N3O6/c1-5-32(46)49-35-26(23-9-6-7-10-23)11-8-12-30(35)43(37(48)50-38(2,3)4)21-22-19-28(40)33(29(41)20-22)44-31(45)18-17-27(36(44)42)34(47)24-13-15-25(39)16-14-24/h8,11-20,23H,5-7,9-10,21,42H2,1-4H3. The first-order chi connectivity index (χ1) is 23.7. The molecule has 1 aromatic heterocycles. The average Bonchev–Trinajstić information content (AvgIpc) is 3.59. The van der Waals surface area contributed by atoms with E-state index in [1.165, 1.54) is 12.1 Å². The Morgan fingerprint density at radius 3 is 2.18 bits per heavy atom. The number of hydrogen-bond acceptors (Lipinski definition) is 7. The summed E-state index contributed by atoms with van der Waals surface area (Å²) in [4.78, 5) is 53.6. The fraction of sp³-hybridized carbons (Fsp3) is 0.316. The Kier molecular flexibility index (Phi) is 10.5. The molecule has 0 aliphatic heterocycles. The SMILES string of the molecule is CCC(=O)Oc1c(C2CCCC2)cccc1N(Cc1cc(F)c(-n2c(N)c(C(=O)c3ccc(F)cc3)ccc2=O)c(F)c1)C(=O)OC(C)(C)C. The normalized spacial score (nSPS) is 13.3. The van der Waals surface area contributed by atoms with Gasteiger partial charge in [-0.25, -0.2) is 18.0 Å². The Balaban J connectivity index is 1.59. The maximum absolute atomic E-state index is 16.0. The molecular formula is C38H38F3N3O6. The molecule has 0 atom stereocenters. The van der Waals surface area contributed by atoms with Gasteiger partial charge < -0.3 is 15.2 Å². The number of anilines is 2. The highest BCUT2D eigenvalue weighted by Crippen LogP contribution is 2.44. The summed E-state index contributed by atoms with van der Waals surface area (Å²) < 4.78 is 57.4. The van der Waals surface area contributed by atoms with Crippen LogP contribution in [0.3, 0.4) is 0 Å². The van der Waals surface area contributed by atoms with Crippen molar-refractivity contribution in [3.05, 3.63) is 117 Å². The summed E-state index contributed by atoms with van der Waals surface area (Å²) in [6, 6.07) is 13.7. The average molecular weight is 690 g/mol. The van der Waals surface area contributed by atoms with E-state index in [1.54, 1.807) is 39.8 Å². The largest absolute Gasteiger partial charge is 0.443 e. The van der Waals surface area contributed by atoms with Crippen LogP contribution in [0.1, 0.15) is 92.8 Å². The van der Waals surface area contributed by atoms with Crippen LogP contribution < -0.4 is 20.9 Å². The summed E-state index contributed by atoms with van der Waals surface area (Å²) in [6.45, 7) is 6.23. The highest BCUT2D eigenvalue weighted by molar-refractivity contribution is 6.11. The van der Waals surface area contributed by atoms with Crippen molar-refractivity contribution in [3.63, 3.8) is 0 Å². The van der Waals surface area contributed by atoms with Crippen molar-refractivity contribution in [3.8, 4) is 11.4 Å². The molecular weight excluding hydrogens is 651 g/mol. The van der Waals surface area contributed by atoms with Crippen molar-refractivity contribution >= 4 is 29.4 Å². The van der Waals surface area contributed by atoms with Gasteiger partial charge in [0.1, 0.15) is 22.9 Å². The Bertz CT molecular complexity index is 1970. The van der Waals surface area contributed by atoms with E-state index in [1.807, 2.05) is 6.07 Å². The molecule has 5 rings (SSSR count). The van der Waals surface area contributed by atoms with E-state index < -0.39 is 64.5 Å². The topological polar surface area (TPSA) is 121 Å². The van der Waals surface area contributed by atoms with Crippen molar-refractivity contribution in [2.75, 3.05) is 10.6 Å². The first kappa shape index (κ1) is 35.9. The number of para-hydroxylation sites is 1. The zero-order valence-corrected chi connectivity index (χ0v) is 28.2. The third kappa shape index (κ3) is 7.74. The minimum absolute atomic E-state index is 0.0289. The maximum Gasteiger partial charge on any atom is 0.415 e. The Morgan fingerprint density at radius 1 is 0.940 bits per heavy atom. The van der Waals surface area contributed by atoms with Crippen molar-refractivity contribution in [1.29, 1.82) is 0 Å². The molecule has 1 aliphatic carbocycles. The van der Waals surface area contributed by atoms with Gasteiger partial charge in [0.15, 0.2) is 23.2 Å². The molecule has 0 bridgehead atoms. The number of amides is 1. The van der Waals surface area contributed by atoms with Crippen LogP contribution in [-0.4, -0.2) is 28.0 Å². The number of rotatable bonds is 9. The second-order valence-electron chi connectivity index (χ2n) is 13.1. The van der Waals surface area contributed by atoms with Crippen LogP contribution in [0.2, 0.25) is 0 Å². The lowest BCUT2D eigenvalue weighted by Crippen LogP contribution is -2.37. The van der Waals surface area contributed by atoms with E-state index >= 15 is 8.78 Å². The van der Waals surface area contributed by atoms with E-state index in [0.29, 0.717) is 4.57 Å². The van der Waals surface area contributed by atoms with Gasteiger partial charge in [-0.15, -0.1) is 0 Å². The van der Waals surface area contributed by atoms with Crippen LogP contribution in [0.5, 0.6) is 5.75 Å². The lowest BCUT2D eigenvalue weighted by atomic mass is 9.95. The Morgan fingerprint density at radius 2 is 1.58 bits per heavy atom. The molecule has 0 radical (unpaired) electrons.